The Morgan fingerprint density at radius 2 is 2.22 bits per heavy atom. The van der Waals surface area contributed by atoms with Crippen molar-refractivity contribution in [2.45, 2.75) is 6.43 Å². The van der Waals surface area contributed by atoms with Crippen molar-refractivity contribution in [1.29, 1.82) is 0 Å². The summed E-state index contributed by atoms with van der Waals surface area (Å²) in [6.45, 7) is -0.763. The van der Waals surface area contributed by atoms with Gasteiger partial charge in [0.15, 0.2) is 0 Å². The second kappa shape index (κ2) is 6.58. The van der Waals surface area contributed by atoms with Gasteiger partial charge >= 0.3 is 5.97 Å². The van der Waals surface area contributed by atoms with Crippen molar-refractivity contribution in [2.24, 2.45) is 0 Å². The van der Waals surface area contributed by atoms with Crippen LogP contribution in [0.15, 0.2) is 24.3 Å². The number of carboxylic acids is 1. The maximum absolute atomic E-state index is 12.1. The van der Waals surface area contributed by atoms with Gasteiger partial charge < -0.3 is 14.6 Å². The zero-order valence-corrected chi connectivity index (χ0v) is 9.60. The van der Waals surface area contributed by atoms with E-state index in [4.69, 9.17) is 14.6 Å². The van der Waals surface area contributed by atoms with E-state index in [1.165, 1.54) is 25.3 Å². The Labute approximate surface area is 102 Å². The third-order valence-electron chi connectivity index (χ3n) is 1.99. The van der Waals surface area contributed by atoms with Crippen LogP contribution in [0, 0.1) is 0 Å². The molecule has 18 heavy (non-hydrogen) atoms. The number of hydrogen-bond donors (Lipinski definition) is 1. The highest BCUT2D eigenvalue weighted by atomic mass is 19.3. The van der Waals surface area contributed by atoms with E-state index in [1.54, 1.807) is 6.07 Å². The molecule has 1 aromatic rings. The molecule has 0 atom stereocenters. The van der Waals surface area contributed by atoms with Crippen molar-refractivity contribution in [2.75, 3.05) is 13.7 Å². The van der Waals surface area contributed by atoms with Crippen molar-refractivity contribution < 1.29 is 28.2 Å². The molecule has 1 rings (SSSR count). The highest BCUT2D eigenvalue weighted by Crippen LogP contribution is 2.26. The molecule has 0 saturated heterocycles. The lowest BCUT2D eigenvalue weighted by atomic mass is 10.1. The lowest BCUT2D eigenvalue weighted by Crippen LogP contribution is -2.07. The summed E-state index contributed by atoms with van der Waals surface area (Å²) in [4.78, 5) is 10.4. The van der Waals surface area contributed by atoms with Gasteiger partial charge in [0.1, 0.15) is 18.1 Å². The van der Waals surface area contributed by atoms with Crippen molar-refractivity contribution in [3.8, 4) is 11.5 Å². The molecule has 6 heteroatoms. The smallest absolute Gasteiger partial charge is 0.328 e. The molecule has 0 heterocycles. The molecule has 0 fully saturated rings. The van der Waals surface area contributed by atoms with Crippen LogP contribution in [-0.4, -0.2) is 31.2 Å². The van der Waals surface area contributed by atoms with E-state index >= 15 is 0 Å². The quantitative estimate of drug-likeness (QED) is 0.796. The van der Waals surface area contributed by atoms with Gasteiger partial charge in [-0.15, -0.1) is 0 Å². The monoisotopic (exact) mass is 258 g/mol. The number of benzene rings is 1. The van der Waals surface area contributed by atoms with Gasteiger partial charge in [0.05, 0.1) is 7.11 Å². The van der Waals surface area contributed by atoms with Crippen LogP contribution in [0.25, 0.3) is 6.08 Å². The van der Waals surface area contributed by atoms with E-state index in [1.807, 2.05) is 0 Å². The van der Waals surface area contributed by atoms with Crippen LogP contribution in [0.4, 0.5) is 8.78 Å². The average Bonchev–Trinajstić information content (AvgIpc) is 2.34. The molecule has 1 N–H and O–H groups in total. The molecular formula is C12H12F2O4. The van der Waals surface area contributed by atoms with Crippen LogP contribution >= 0.6 is 0 Å². The second-order valence-corrected chi connectivity index (χ2v) is 3.28. The summed E-state index contributed by atoms with van der Waals surface area (Å²) < 4.78 is 34.0. The Morgan fingerprint density at radius 3 is 2.78 bits per heavy atom. The summed E-state index contributed by atoms with van der Waals surface area (Å²) in [6.07, 6.45) is -0.438. The number of ether oxygens (including phenoxy) is 2. The summed E-state index contributed by atoms with van der Waals surface area (Å²) in [6, 6.07) is 4.53. The van der Waals surface area contributed by atoms with Gasteiger partial charge in [-0.25, -0.2) is 13.6 Å². The molecule has 0 aliphatic carbocycles. The molecule has 4 nitrogen and oxygen atoms in total. The molecule has 0 amide bonds. The van der Waals surface area contributed by atoms with Gasteiger partial charge in [-0.3, -0.25) is 0 Å². The van der Waals surface area contributed by atoms with Gasteiger partial charge in [-0.2, -0.15) is 0 Å². The highest BCUT2D eigenvalue weighted by Gasteiger charge is 2.08. The van der Waals surface area contributed by atoms with Crippen LogP contribution in [0.3, 0.4) is 0 Å². The first kappa shape index (κ1) is 14.0. The number of methoxy groups -OCH3 is 1. The Hall–Kier alpha value is -2.11. The molecule has 0 bridgehead atoms. The van der Waals surface area contributed by atoms with E-state index in [0.29, 0.717) is 11.3 Å². The van der Waals surface area contributed by atoms with Crippen LogP contribution in [0.1, 0.15) is 5.56 Å². The Balaban J connectivity index is 2.96. The van der Waals surface area contributed by atoms with E-state index < -0.39 is 19.0 Å². The fraction of sp³-hybridized carbons (Fsp3) is 0.250. The third-order valence-corrected chi connectivity index (χ3v) is 1.99. The third kappa shape index (κ3) is 4.40. The SMILES string of the molecule is COc1ccc(/C=C/C(=O)O)c(OCC(F)F)c1. The maximum Gasteiger partial charge on any atom is 0.328 e. The van der Waals surface area contributed by atoms with Crippen LogP contribution in [0.5, 0.6) is 11.5 Å². The minimum atomic E-state index is -2.60. The van der Waals surface area contributed by atoms with Gasteiger partial charge in [-0.05, 0) is 18.2 Å². The summed E-state index contributed by atoms with van der Waals surface area (Å²) in [5.74, 6) is -0.551. The number of carbonyl (C=O) groups is 1. The number of halogens is 2. The molecular weight excluding hydrogens is 246 g/mol. The van der Waals surface area contributed by atoms with Crippen LogP contribution in [-0.2, 0) is 4.79 Å². The molecule has 0 saturated carbocycles. The first-order valence-electron chi connectivity index (χ1n) is 5.03. The second-order valence-electron chi connectivity index (χ2n) is 3.28. The normalized spacial score (nSPS) is 10.9. The molecule has 0 aliphatic rings. The first-order chi connectivity index (χ1) is 8.52. The summed E-state index contributed by atoms with van der Waals surface area (Å²) in [7, 11) is 1.43. The molecule has 0 unspecified atom stereocenters. The Bertz CT molecular complexity index is 444. The predicted octanol–water partition coefficient (Wildman–Crippen LogP) is 2.44. The molecule has 0 radical (unpaired) electrons. The number of carboxylic acid groups (broad SMARTS) is 1. The minimum absolute atomic E-state index is 0.146. The summed E-state index contributed by atoms with van der Waals surface area (Å²) in [5.41, 5.74) is 0.388. The van der Waals surface area contributed by atoms with E-state index in [9.17, 15) is 13.6 Å². The zero-order chi connectivity index (χ0) is 13.5. The summed E-state index contributed by atoms with van der Waals surface area (Å²) >= 11 is 0. The molecule has 0 aliphatic heterocycles. The van der Waals surface area contributed by atoms with Gasteiger partial charge in [0.25, 0.3) is 6.43 Å². The minimum Gasteiger partial charge on any atom is -0.497 e. The molecule has 0 aromatic heterocycles. The number of rotatable bonds is 6. The Morgan fingerprint density at radius 1 is 1.50 bits per heavy atom. The molecule has 98 valence electrons. The van der Waals surface area contributed by atoms with Gasteiger partial charge in [0.2, 0.25) is 0 Å². The molecule has 0 spiro atoms. The lowest BCUT2D eigenvalue weighted by Gasteiger charge is -2.10. The van der Waals surface area contributed by atoms with Crippen molar-refractivity contribution >= 4 is 12.0 Å². The van der Waals surface area contributed by atoms with E-state index in [0.717, 1.165) is 6.08 Å². The first-order valence-corrected chi connectivity index (χ1v) is 5.03. The fourth-order valence-corrected chi connectivity index (χ4v) is 1.22. The number of aliphatic carboxylic acids is 1. The van der Waals surface area contributed by atoms with Gasteiger partial charge in [0, 0.05) is 17.7 Å². The van der Waals surface area contributed by atoms with Gasteiger partial charge in [-0.1, -0.05) is 0 Å². The fourth-order valence-electron chi connectivity index (χ4n) is 1.22. The van der Waals surface area contributed by atoms with E-state index in [-0.39, 0.29) is 5.75 Å². The topological polar surface area (TPSA) is 55.8 Å². The predicted molar refractivity (Wildman–Crippen MR) is 61.2 cm³/mol. The summed E-state index contributed by atoms with van der Waals surface area (Å²) in [5, 5.41) is 8.51. The maximum atomic E-state index is 12.1. The highest BCUT2D eigenvalue weighted by molar-refractivity contribution is 5.86. The van der Waals surface area contributed by atoms with E-state index in [2.05, 4.69) is 0 Å². The Kier molecular flexibility index (Phi) is 5.10. The largest absolute Gasteiger partial charge is 0.497 e. The zero-order valence-electron chi connectivity index (χ0n) is 9.60. The lowest BCUT2D eigenvalue weighted by molar-refractivity contribution is -0.131. The number of alkyl halides is 2. The van der Waals surface area contributed by atoms with Crippen molar-refractivity contribution in [3.05, 3.63) is 29.8 Å². The van der Waals surface area contributed by atoms with Crippen LogP contribution in [0.2, 0.25) is 0 Å². The van der Waals surface area contributed by atoms with Crippen molar-refractivity contribution in [1.82, 2.24) is 0 Å². The number of hydrogen-bond acceptors (Lipinski definition) is 3. The molecule has 1 aromatic carbocycles. The standard InChI is InChI=1S/C12H12F2O4/c1-17-9-4-2-8(3-5-12(15)16)10(6-9)18-7-11(13)14/h2-6,11H,7H2,1H3,(H,15,16)/b5-3+. The average molecular weight is 258 g/mol. The van der Waals surface area contributed by atoms with Crippen molar-refractivity contribution in [3.63, 3.8) is 0 Å². The van der Waals surface area contributed by atoms with Crippen LogP contribution < -0.4 is 9.47 Å².